The predicted molar refractivity (Wildman–Crippen MR) is 45.7 cm³/mol. The molecule has 0 spiro atoms. The highest BCUT2D eigenvalue weighted by Gasteiger charge is 2.27. The lowest BCUT2D eigenvalue weighted by molar-refractivity contribution is -0.128. The molecule has 0 saturated carbocycles. The number of amides is 1. The fraction of sp³-hybridized carbons (Fsp3) is 0.857. The first-order valence-corrected chi connectivity index (χ1v) is 4.25. The van der Waals surface area contributed by atoms with E-state index in [4.69, 9.17) is 5.11 Å². The standard InChI is InChI=1S/C7H13NO2S/c1-5(9)3-8-4-6(11)2-7(8)10/h5-6,9,11H,2-4H2,1H3/t5-,6?/m0/s1. The van der Waals surface area contributed by atoms with E-state index in [0.717, 1.165) is 0 Å². The zero-order valence-electron chi connectivity index (χ0n) is 6.53. The minimum Gasteiger partial charge on any atom is -0.392 e. The Balaban J connectivity index is 2.41. The molecule has 3 nitrogen and oxygen atoms in total. The molecule has 1 N–H and O–H groups in total. The number of aliphatic hydroxyl groups excluding tert-OH is 1. The van der Waals surface area contributed by atoms with Crippen molar-refractivity contribution in [2.75, 3.05) is 13.1 Å². The third-order valence-corrected chi connectivity index (χ3v) is 2.02. The maximum atomic E-state index is 11.1. The number of aliphatic hydroxyl groups is 1. The van der Waals surface area contributed by atoms with Crippen molar-refractivity contribution in [3.8, 4) is 0 Å². The molecule has 1 aliphatic rings. The normalized spacial score (nSPS) is 27.7. The van der Waals surface area contributed by atoms with Gasteiger partial charge < -0.3 is 10.0 Å². The Kier molecular flexibility index (Phi) is 2.78. The Bertz CT molecular complexity index is 161. The summed E-state index contributed by atoms with van der Waals surface area (Å²) in [6.07, 6.45) is 0.0770. The van der Waals surface area contributed by atoms with Gasteiger partial charge in [0, 0.05) is 24.8 Å². The molecular formula is C7H13NO2S. The summed E-state index contributed by atoms with van der Waals surface area (Å²) in [6.45, 7) is 2.79. The second-order valence-corrected chi connectivity index (χ2v) is 3.74. The Morgan fingerprint density at radius 1 is 1.91 bits per heavy atom. The summed E-state index contributed by atoms with van der Waals surface area (Å²) in [4.78, 5) is 12.7. The van der Waals surface area contributed by atoms with Gasteiger partial charge in [0.15, 0.2) is 0 Å². The van der Waals surface area contributed by atoms with Crippen LogP contribution in [0, 0.1) is 0 Å². The Hall–Kier alpha value is -0.220. The zero-order chi connectivity index (χ0) is 8.43. The van der Waals surface area contributed by atoms with E-state index in [1.54, 1.807) is 11.8 Å². The number of hydrogen-bond donors (Lipinski definition) is 2. The van der Waals surface area contributed by atoms with Crippen LogP contribution >= 0.6 is 12.6 Å². The van der Waals surface area contributed by atoms with E-state index >= 15 is 0 Å². The van der Waals surface area contributed by atoms with E-state index in [-0.39, 0.29) is 11.2 Å². The molecule has 1 rings (SSSR count). The van der Waals surface area contributed by atoms with Gasteiger partial charge in [-0.3, -0.25) is 4.79 Å². The van der Waals surface area contributed by atoms with E-state index < -0.39 is 6.10 Å². The summed E-state index contributed by atoms with van der Waals surface area (Å²) < 4.78 is 0. The summed E-state index contributed by atoms with van der Waals surface area (Å²) in [7, 11) is 0. The van der Waals surface area contributed by atoms with Crippen molar-refractivity contribution >= 4 is 18.5 Å². The third-order valence-electron chi connectivity index (χ3n) is 1.68. The molecule has 2 atom stereocenters. The van der Waals surface area contributed by atoms with E-state index in [1.807, 2.05) is 0 Å². The van der Waals surface area contributed by atoms with Crippen molar-refractivity contribution in [1.82, 2.24) is 4.90 Å². The fourth-order valence-corrected chi connectivity index (χ4v) is 1.60. The number of nitrogens with zero attached hydrogens (tertiary/aromatic N) is 1. The molecule has 1 fully saturated rings. The van der Waals surface area contributed by atoms with Gasteiger partial charge in [-0.05, 0) is 6.92 Å². The van der Waals surface area contributed by atoms with Crippen LogP contribution in [0.3, 0.4) is 0 Å². The molecule has 1 aliphatic heterocycles. The summed E-state index contributed by atoms with van der Waals surface area (Å²) >= 11 is 4.19. The van der Waals surface area contributed by atoms with Gasteiger partial charge in [0.25, 0.3) is 0 Å². The van der Waals surface area contributed by atoms with Gasteiger partial charge in [0.2, 0.25) is 5.91 Å². The SMILES string of the molecule is C[C@H](O)CN1CC(S)CC1=O. The quantitative estimate of drug-likeness (QED) is 0.575. The number of thiol groups is 1. The zero-order valence-corrected chi connectivity index (χ0v) is 7.42. The van der Waals surface area contributed by atoms with Gasteiger partial charge in [-0.15, -0.1) is 0 Å². The van der Waals surface area contributed by atoms with Crippen molar-refractivity contribution in [2.45, 2.75) is 24.7 Å². The third kappa shape index (κ3) is 2.38. The highest BCUT2D eigenvalue weighted by Crippen LogP contribution is 2.15. The van der Waals surface area contributed by atoms with E-state index in [2.05, 4.69) is 12.6 Å². The molecular weight excluding hydrogens is 162 g/mol. The van der Waals surface area contributed by atoms with E-state index in [9.17, 15) is 4.79 Å². The average molecular weight is 175 g/mol. The van der Waals surface area contributed by atoms with Gasteiger partial charge in [-0.2, -0.15) is 12.6 Å². The number of hydrogen-bond acceptors (Lipinski definition) is 3. The minimum atomic E-state index is -0.433. The molecule has 1 unspecified atom stereocenters. The van der Waals surface area contributed by atoms with Crippen LogP contribution in [0.15, 0.2) is 0 Å². The number of rotatable bonds is 2. The second kappa shape index (κ2) is 3.45. The first-order valence-electron chi connectivity index (χ1n) is 3.73. The van der Waals surface area contributed by atoms with Crippen molar-refractivity contribution in [3.05, 3.63) is 0 Å². The fourth-order valence-electron chi connectivity index (χ4n) is 1.25. The van der Waals surface area contributed by atoms with Crippen LogP contribution in [-0.2, 0) is 4.79 Å². The first-order chi connectivity index (χ1) is 5.09. The highest BCUT2D eigenvalue weighted by molar-refractivity contribution is 7.81. The summed E-state index contributed by atoms with van der Waals surface area (Å²) in [5.41, 5.74) is 0. The second-order valence-electron chi connectivity index (χ2n) is 3.01. The molecule has 64 valence electrons. The van der Waals surface area contributed by atoms with Crippen LogP contribution in [-0.4, -0.2) is 40.4 Å². The molecule has 0 aromatic carbocycles. The number of likely N-dealkylation sites (tertiary alicyclic amines) is 1. The van der Waals surface area contributed by atoms with Crippen LogP contribution in [0.5, 0.6) is 0 Å². The Labute approximate surface area is 71.8 Å². The van der Waals surface area contributed by atoms with Crippen molar-refractivity contribution in [3.63, 3.8) is 0 Å². The van der Waals surface area contributed by atoms with Gasteiger partial charge in [-0.1, -0.05) is 0 Å². The van der Waals surface area contributed by atoms with Gasteiger partial charge in [-0.25, -0.2) is 0 Å². The number of β-amino-alcohol motifs (C(OH)–C–C–N with tert-alkyl or cyclic N) is 1. The smallest absolute Gasteiger partial charge is 0.223 e. The molecule has 0 bridgehead atoms. The summed E-state index contributed by atoms with van der Waals surface area (Å²) in [5, 5.41) is 9.15. The number of carbonyl (C=O) groups excluding carboxylic acids is 1. The lowest BCUT2D eigenvalue weighted by Crippen LogP contribution is -2.32. The van der Waals surface area contributed by atoms with Crippen LogP contribution in [0.25, 0.3) is 0 Å². The van der Waals surface area contributed by atoms with Gasteiger partial charge in [0.05, 0.1) is 6.10 Å². The first kappa shape index (κ1) is 8.87. The van der Waals surface area contributed by atoms with Crippen molar-refractivity contribution in [2.24, 2.45) is 0 Å². The molecule has 0 aliphatic carbocycles. The molecule has 1 amide bonds. The lowest BCUT2D eigenvalue weighted by Gasteiger charge is -2.17. The Morgan fingerprint density at radius 3 is 2.91 bits per heavy atom. The molecule has 1 saturated heterocycles. The molecule has 0 aromatic heterocycles. The molecule has 11 heavy (non-hydrogen) atoms. The lowest BCUT2D eigenvalue weighted by atomic mass is 10.4. The number of carbonyl (C=O) groups is 1. The van der Waals surface area contributed by atoms with Crippen LogP contribution in [0.4, 0.5) is 0 Å². The largest absolute Gasteiger partial charge is 0.392 e. The van der Waals surface area contributed by atoms with Crippen molar-refractivity contribution < 1.29 is 9.90 Å². The summed E-state index contributed by atoms with van der Waals surface area (Å²) in [5.74, 6) is 0.103. The topological polar surface area (TPSA) is 40.5 Å². The molecule has 1 heterocycles. The van der Waals surface area contributed by atoms with Crippen LogP contribution in [0.2, 0.25) is 0 Å². The minimum absolute atomic E-state index is 0.103. The van der Waals surface area contributed by atoms with Crippen molar-refractivity contribution in [1.29, 1.82) is 0 Å². The van der Waals surface area contributed by atoms with Crippen LogP contribution < -0.4 is 0 Å². The van der Waals surface area contributed by atoms with Gasteiger partial charge in [0.1, 0.15) is 0 Å². The Morgan fingerprint density at radius 2 is 2.55 bits per heavy atom. The monoisotopic (exact) mass is 175 g/mol. The molecule has 0 aromatic rings. The highest BCUT2D eigenvalue weighted by atomic mass is 32.1. The van der Waals surface area contributed by atoms with E-state index in [1.165, 1.54) is 0 Å². The maximum absolute atomic E-state index is 11.1. The van der Waals surface area contributed by atoms with Crippen LogP contribution in [0.1, 0.15) is 13.3 Å². The molecule has 0 radical (unpaired) electrons. The predicted octanol–water partition coefficient (Wildman–Crippen LogP) is -0.102. The maximum Gasteiger partial charge on any atom is 0.223 e. The summed E-state index contributed by atoms with van der Waals surface area (Å²) in [6, 6.07) is 0. The van der Waals surface area contributed by atoms with E-state index in [0.29, 0.717) is 19.5 Å². The molecule has 4 heteroatoms. The van der Waals surface area contributed by atoms with Gasteiger partial charge >= 0.3 is 0 Å². The average Bonchev–Trinajstić information content (AvgIpc) is 2.09.